The molecule has 106 valence electrons. The number of rotatable bonds is 0. The zero-order valence-corrected chi connectivity index (χ0v) is 11.5. The van der Waals surface area contributed by atoms with E-state index < -0.39 is 0 Å². The van der Waals surface area contributed by atoms with Gasteiger partial charge in [-0.2, -0.15) is 0 Å². The van der Waals surface area contributed by atoms with Crippen LogP contribution >= 0.6 is 0 Å². The first-order valence-corrected chi connectivity index (χ1v) is 7.95. The lowest BCUT2D eigenvalue weighted by atomic mass is 9.70. The van der Waals surface area contributed by atoms with Gasteiger partial charge in [-0.3, -0.25) is 9.69 Å². The average Bonchev–Trinajstić information content (AvgIpc) is 2.40. The van der Waals surface area contributed by atoms with Gasteiger partial charge in [-0.25, -0.2) is 0 Å². The summed E-state index contributed by atoms with van der Waals surface area (Å²) in [6.45, 7) is 3.15. The molecule has 0 aromatic heterocycles. The Bertz CT molecular complexity index is 386. The molecule has 0 spiro atoms. The SMILES string of the molecule is O=C1CCC[C@H]2[C@H]3C[C@@H](CN12)[C@H]1[C@@H](O)CCCN1C3. The monoisotopic (exact) mass is 264 g/mol. The van der Waals surface area contributed by atoms with E-state index in [1.54, 1.807) is 0 Å². The molecule has 0 unspecified atom stereocenters. The number of hydrogen-bond acceptors (Lipinski definition) is 3. The van der Waals surface area contributed by atoms with Crippen LogP contribution in [-0.4, -0.2) is 58.6 Å². The molecule has 4 saturated heterocycles. The van der Waals surface area contributed by atoms with Crippen LogP contribution in [0, 0.1) is 11.8 Å². The third-order valence-electron chi connectivity index (χ3n) is 5.91. The Labute approximate surface area is 114 Å². The minimum atomic E-state index is -0.170. The number of carbonyl (C=O) groups is 1. The van der Waals surface area contributed by atoms with Crippen molar-refractivity contribution in [2.24, 2.45) is 11.8 Å². The smallest absolute Gasteiger partial charge is 0.222 e. The van der Waals surface area contributed by atoms with Crippen LogP contribution in [0.3, 0.4) is 0 Å². The largest absolute Gasteiger partial charge is 0.391 e. The average molecular weight is 264 g/mol. The topological polar surface area (TPSA) is 43.8 Å². The Kier molecular flexibility index (Phi) is 2.85. The van der Waals surface area contributed by atoms with Crippen molar-refractivity contribution in [3.8, 4) is 0 Å². The Morgan fingerprint density at radius 2 is 2.00 bits per heavy atom. The molecular weight excluding hydrogens is 240 g/mol. The summed E-state index contributed by atoms with van der Waals surface area (Å²) in [6.07, 6.45) is 6.15. The van der Waals surface area contributed by atoms with Crippen LogP contribution in [0.1, 0.15) is 38.5 Å². The molecule has 19 heavy (non-hydrogen) atoms. The molecule has 4 fully saturated rings. The molecule has 4 heteroatoms. The summed E-state index contributed by atoms with van der Waals surface area (Å²) in [7, 11) is 0. The normalized spacial score (nSPS) is 46.7. The summed E-state index contributed by atoms with van der Waals surface area (Å²) in [5.74, 6) is 1.53. The molecule has 2 bridgehead atoms. The highest BCUT2D eigenvalue weighted by atomic mass is 16.3. The zero-order valence-electron chi connectivity index (χ0n) is 11.5. The van der Waals surface area contributed by atoms with Gasteiger partial charge in [0.15, 0.2) is 0 Å². The van der Waals surface area contributed by atoms with Gasteiger partial charge < -0.3 is 10.0 Å². The molecular formula is C15H24N2O2. The second kappa shape index (κ2) is 4.45. The molecule has 4 nitrogen and oxygen atoms in total. The number of hydrogen-bond donors (Lipinski definition) is 1. The number of nitrogens with zero attached hydrogens (tertiary/aromatic N) is 2. The quantitative estimate of drug-likeness (QED) is 0.705. The van der Waals surface area contributed by atoms with Crippen molar-refractivity contribution < 1.29 is 9.90 Å². The highest BCUT2D eigenvalue weighted by Gasteiger charge is 2.50. The van der Waals surface area contributed by atoms with E-state index in [0.717, 1.165) is 45.3 Å². The number of fused-ring (bicyclic) bond motifs is 6. The minimum absolute atomic E-state index is 0.170. The van der Waals surface area contributed by atoms with E-state index >= 15 is 0 Å². The molecule has 4 rings (SSSR count). The van der Waals surface area contributed by atoms with Gasteiger partial charge in [0.25, 0.3) is 0 Å². The van der Waals surface area contributed by atoms with Crippen LogP contribution in [-0.2, 0) is 4.79 Å². The maximum absolute atomic E-state index is 12.2. The summed E-state index contributed by atoms with van der Waals surface area (Å²) in [4.78, 5) is 16.8. The molecule has 1 amide bonds. The maximum Gasteiger partial charge on any atom is 0.222 e. The molecule has 4 aliphatic rings. The molecule has 0 radical (unpaired) electrons. The van der Waals surface area contributed by atoms with Crippen molar-refractivity contribution in [1.29, 1.82) is 0 Å². The van der Waals surface area contributed by atoms with Crippen LogP contribution in [0.5, 0.6) is 0 Å². The van der Waals surface area contributed by atoms with Crippen molar-refractivity contribution in [2.75, 3.05) is 19.6 Å². The van der Waals surface area contributed by atoms with Crippen molar-refractivity contribution in [3.63, 3.8) is 0 Å². The predicted octanol–water partition coefficient (Wildman–Crippen LogP) is 0.843. The van der Waals surface area contributed by atoms with Crippen molar-refractivity contribution in [2.45, 2.75) is 56.7 Å². The van der Waals surface area contributed by atoms with Crippen molar-refractivity contribution in [1.82, 2.24) is 9.80 Å². The lowest BCUT2D eigenvalue weighted by Gasteiger charge is -2.57. The summed E-state index contributed by atoms with van der Waals surface area (Å²) in [5.41, 5.74) is 0. The Morgan fingerprint density at radius 3 is 2.89 bits per heavy atom. The number of piperidine rings is 4. The highest BCUT2D eigenvalue weighted by Crippen LogP contribution is 2.42. The van der Waals surface area contributed by atoms with E-state index in [1.807, 2.05) is 0 Å². The molecule has 0 aliphatic carbocycles. The first-order chi connectivity index (χ1) is 9.24. The molecule has 0 saturated carbocycles. The van der Waals surface area contributed by atoms with Crippen LogP contribution in [0.2, 0.25) is 0 Å². The molecule has 4 aliphatic heterocycles. The first kappa shape index (κ1) is 12.2. The Hall–Kier alpha value is -0.610. The third kappa shape index (κ3) is 1.83. The Balaban J connectivity index is 1.61. The summed E-state index contributed by atoms with van der Waals surface area (Å²) in [6, 6.07) is 0.818. The van der Waals surface area contributed by atoms with Crippen LogP contribution in [0.15, 0.2) is 0 Å². The second-order valence-corrected chi connectivity index (χ2v) is 6.96. The lowest BCUT2D eigenvalue weighted by molar-refractivity contribution is -0.153. The van der Waals surface area contributed by atoms with Crippen molar-refractivity contribution in [3.05, 3.63) is 0 Å². The fourth-order valence-corrected chi connectivity index (χ4v) is 5.18. The lowest BCUT2D eigenvalue weighted by Crippen LogP contribution is -2.67. The molecule has 1 N–H and O–H groups in total. The fourth-order valence-electron chi connectivity index (χ4n) is 5.18. The van der Waals surface area contributed by atoms with Gasteiger partial charge in [0.1, 0.15) is 0 Å². The fraction of sp³-hybridized carbons (Fsp3) is 0.933. The van der Waals surface area contributed by atoms with E-state index in [4.69, 9.17) is 0 Å². The van der Waals surface area contributed by atoms with Gasteiger partial charge in [-0.15, -0.1) is 0 Å². The van der Waals surface area contributed by atoms with E-state index in [2.05, 4.69) is 9.80 Å². The summed E-state index contributed by atoms with van der Waals surface area (Å²) in [5, 5.41) is 10.3. The number of aliphatic hydroxyl groups excluding tert-OH is 1. The molecule has 0 aromatic rings. The second-order valence-electron chi connectivity index (χ2n) is 6.96. The van der Waals surface area contributed by atoms with E-state index in [-0.39, 0.29) is 6.10 Å². The Morgan fingerprint density at radius 1 is 1.11 bits per heavy atom. The predicted molar refractivity (Wildman–Crippen MR) is 71.6 cm³/mol. The molecule has 5 atom stereocenters. The van der Waals surface area contributed by atoms with Gasteiger partial charge in [0.2, 0.25) is 5.91 Å². The van der Waals surface area contributed by atoms with E-state index in [1.165, 1.54) is 12.8 Å². The van der Waals surface area contributed by atoms with E-state index in [0.29, 0.717) is 29.8 Å². The first-order valence-electron chi connectivity index (χ1n) is 7.95. The van der Waals surface area contributed by atoms with Gasteiger partial charge in [-0.1, -0.05) is 0 Å². The summed E-state index contributed by atoms with van der Waals surface area (Å²) < 4.78 is 0. The number of aliphatic hydroxyl groups is 1. The molecule has 0 aromatic carbocycles. The van der Waals surface area contributed by atoms with Gasteiger partial charge in [-0.05, 0) is 50.5 Å². The van der Waals surface area contributed by atoms with Gasteiger partial charge in [0, 0.05) is 31.6 Å². The van der Waals surface area contributed by atoms with Crippen LogP contribution in [0.4, 0.5) is 0 Å². The van der Waals surface area contributed by atoms with Gasteiger partial charge in [0.05, 0.1) is 6.10 Å². The maximum atomic E-state index is 12.2. The van der Waals surface area contributed by atoms with Crippen LogP contribution in [0.25, 0.3) is 0 Å². The highest BCUT2D eigenvalue weighted by molar-refractivity contribution is 5.77. The number of carbonyl (C=O) groups excluding carboxylic acids is 1. The van der Waals surface area contributed by atoms with Crippen molar-refractivity contribution >= 4 is 5.91 Å². The van der Waals surface area contributed by atoms with Crippen LogP contribution < -0.4 is 0 Å². The standard InChI is InChI=1S/C15H24N2O2/c18-13-4-2-6-16-8-10-7-11(15(13)16)9-17-12(10)3-1-5-14(17)19/h10-13,15,18H,1-9H2/t10-,11-,12-,13-,15-/m0/s1. The van der Waals surface area contributed by atoms with Gasteiger partial charge >= 0.3 is 0 Å². The molecule has 4 heterocycles. The minimum Gasteiger partial charge on any atom is -0.391 e. The zero-order chi connectivity index (χ0) is 13.0. The van der Waals surface area contributed by atoms with E-state index in [9.17, 15) is 9.90 Å². The summed E-state index contributed by atoms with van der Waals surface area (Å²) >= 11 is 0. The third-order valence-corrected chi connectivity index (χ3v) is 5.91. The number of amides is 1.